The molecule has 0 unspecified atom stereocenters. The quantitative estimate of drug-likeness (QED) is 0.752. The van der Waals surface area contributed by atoms with Crippen molar-refractivity contribution in [3.05, 3.63) is 35.7 Å². The molecule has 3 heteroatoms. The van der Waals surface area contributed by atoms with E-state index in [1.807, 2.05) is 18.2 Å². The zero-order valence-corrected chi connectivity index (χ0v) is 7.14. The molecule has 0 spiro atoms. The predicted molar refractivity (Wildman–Crippen MR) is 49.7 cm³/mol. The summed E-state index contributed by atoms with van der Waals surface area (Å²) in [5.41, 5.74) is 1.35. The maximum absolute atomic E-state index is 8.51. The number of aliphatic hydroxyl groups excluding tert-OH is 1. The molecule has 1 aromatic rings. The van der Waals surface area contributed by atoms with Crippen molar-refractivity contribution in [3.8, 4) is 6.07 Å². The van der Waals surface area contributed by atoms with Crippen LogP contribution >= 0.6 is 0 Å². The lowest BCUT2D eigenvalue weighted by Gasteiger charge is -1.91. The highest BCUT2D eigenvalue weighted by Crippen LogP contribution is 2.01. The number of aromatic nitrogens is 1. The maximum atomic E-state index is 8.51. The minimum atomic E-state index is 0.146. The van der Waals surface area contributed by atoms with Gasteiger partial charge in [-0.2, -0.15) is 5.26 Å². The van der Waals surface area contributed by atoms with Gasteiger partial charge in [0.05, 0.1) is 11.3 Å². The van der Waals surface area contributed by atoms with Gasteiger partial charge in [0.1, 0.15) is 6.07 Å². The Morgan fingerprint density at radius 2 is 2.38 bits per heavy atom. The molecule has 1 N–H and O–H groups in total. The Bertz CT molecular complexity index is 322. The third-order valence-corrected chi connectivity index (χ3v) is 1.50. The summed E-state index contributed by atoms with van der Waals surface area (Å²) in [6.07, 6.45) is 5.81. The number of nitrogens with zero attached hydrogens (tertiary/aromatic N) is 2. The van der Waals surface area contributed by atoms with Gasteiger partial charge < -0.3 is 5.11 Å². The summed E-state index contributed by atoms with van der Waals surface area (Å²) >= 11 is 0. The molecule has 66 valence electrons. The van der Waals surface area contributed by atoms with Crippen LogP contribution in [-0.4, -0.2) is 16.7 Å². The van der Waals surface area contributed by atoms with E-state index >= 15 is 0 Å². The summed E-state index contributed by atoms with van der Waals surface area (Å²) in [5.74, 6) is 0. The third-order valence-electron chi connectivity index (χ3n) is 1.50. The summed E-state index contributed by atoms with van der Waals surface area (Å²) < 4.78 is 0. The maximum Gasteiger partial charge on any atom is 0.101 e. The SMILES string of the molecule is N#Cc1ccc(C=CCCO)nc1. The highest BCUT2D eigenvalue weighted by atomic mass is 16.2. The zero-order valence-electron chi connectivity index (χ0n) is 7.14. The molecule has 0 aliphatic heterocycles. The van der Waals surface area contributed by atoms with E-state index in [9.17, 15) is 0 Å². The first-order valence-corrected chi connectivity index (χ1v) is 4.00. The number of hydrogen-bond donors (Lipinski definition) is 1. The van der Waals surface area contributed by atoms with Gasteiger partial charge in [0.25, 0.3) is 0 Å². The number of nitriles is 1. The molecule has 3 nitrogen and oxygen atoms in total. The number of hydrogen-bond acceptors (Lipinski definition) is 3. The molecule has 0 bridgehead atoms. The molecule has 0 aromatic carbocycles. The van der Waals surface area contributed by atoms with Crippen molar-refractivity contribution in [1.29, 1.82) is 5.26 Å². The highest BCUT2D eigenvalue weighted by molar-refractivity contribution is 5.45. The average molecular weight is 174 g/mol. The molecule has 1 rings (SSSR count). The Labute approximate surface area is 77.0 Å². The largest absolute Gasteiger partial charge is 0.396 e. The van der Waals surface area contributed by atoms with Crippen LogP contribution < -0.4 is 0 Å². The molecule has 13 heavy (non-hydrogen) atoms. The molecule has 1 heterocycles. The van der Waals surface area contributed by atoms with Crippen molar-refractivity contribution in [2.45, 2.75) is 6.42 Å². The van der Waals surface area contributed by atoms with Crippen LogP contribution in [0.4, 0.5) is 0 Å². The van der Waals surface area contributed by atoms with Crippen LogP contribution in [0.15, 0.2) is 24.4 Å². The second-order valence-corrected chi connectivity index (χ2v) is 2.50. The molecular formula is C10H10N2O. The molecule has 0 atom stereocenters. The van der Waals surface area contributed by atoms with Gasteiger partial charge in [-0.25, -0.2) is 0 Å². The average Bonchev–Trinajstić information content (AvgIpc) is 2.19. The van der Waals surface area contributed by atoms with Crippen LogP contribution in [0.25, 0.3) is 6.08 Å². The van der Waals surface area contributed by atoms with Gasteiger partial charge in [-0.3, -0.25) is 4.98 Å². The monoisotopic (exact) mass is 174 g/mol. The lowest BCUT2D eigenvalue weighted by atomic mass is 10.2. The van der Waals surface area contributed by atoms with Crippen molar-refractivity contribution in [2.75, 3.05) is 6.61 Å². The Balaban J connectivity index is 2.65. The zero-order chi connectivity index (χ0) is 9.52. The van der Waals surface area contributed by atoms with E-state index in [4.69, 9.17) is 10.4 Å². The summed E-state index contributed by atoms with van der Waals surface area (Å²) in [5, 5.41) is 17.0. The van der Waals surface area contributed by atoms with Gasteiger partial charge in [-0.05, 0) is 24.6 Å². The summed E-state index contributed by atoms with van der Waals surface area (Å²) in [6.45, 7) is 0.146. The fourth-order valence-corrected chi connectivity index (χ4v) is 0.849. The van der Waals surface area contributed by atoms with Crippen LogP contribution in [0.3, 0.4) is 0 Å². The topological polar surface area (TPSA) is 56.9 Å². The highest BCUT2D eigenvalue weighted by Gasteiger charge is 1.89. The van der Waals surface area contributed by atoms with Crippen molar-refractivity contribution in [3.63, 3.8) is 0 Å². The van der Waals surface area contributed by atoms with E-state index in [1.165, 1.54) is 6.20 Å². The van der Waals surface area contributed by atoms with E-state index in [1.54, 1.807) is 12.1 Å². The smallest absolute Gasteiger partial charge is 0.101 e. The fraction of sp³-hybridized carbons (Fsp3) is 0.200. The van der Waals surface area contributed by atoms with Crippen LogP contribution in [-0.2, 0) is 0 Å². The van der Waals surface area contributed by atoms with Gasteiger partial charge >= 0.3 is 0 Å². The summed E-state index contributed by atoms with van der Waals surface area (Å²) in [4.78, 5) is 4.03. The molecule has 1 aromatic heterocycles. The first-order valence-electron chi connectivity index (χ1n) is 4.00. The van der Waals surface area contributed by atoms with Crippen LogP contribution in [0, 0.1) is 11.3 Å². The first-order chi connectivity index (χ1) is 6.36. The Kier molecular flexibility index (Phi) is 3.68. The molecule has 0 amide bonds. The summed E-state index contributed by atoms with van der Waals surface area (Å²) in [6, 6.07) is 5.48. The lowest BCUT2D eigenvalue weighted by molar-refractivity contribution is 0.303. The van der Waals surface area contributed by atoms with Crippen LogP contribution in [0.2, 0.25) is 0 Å². The molecule has 0 aliphatic carbocycles. The van der Waals surface area contributed by atoms with Crippen molar-refractivity contribution < 1.29 is 5.11 Å². The van der Waals surface area contributed by atoms with Crippen LogP contribution in [0.1, 0.15) is 17.7 Å². The van der Waals surface area contributed by atoms with Crippen molar-refractivity contribution in [1.82, 2.24) is 4.98 Å². The normalized spacial score (nSPS) is 10.2. The third kappa shape index (κ3) is 3.06. The first kappa shape index (κ1) is 9.43. The fourth-order valence-electron chi connectivity index (χ4n) is 0.849. The van der Waals surface area contributed by atoms with E-state index in [0.717, 1.165) is 5.69 Å². The minimum absolute atomic E-state index is 0.146. The van der Waals surface area contributed by atoms with Crippen molar-refractivity contribution in [2.24, 2.45) is 0 Å². The molecule has 0 saturated heterocycles. The van der Waals surface area contributed by atoms with Gasteiger partial charge in [-0.1, -0.05) is 6.08 Å². The van der Waals surface area contributed by atoms with Gasteiger partial charge in [0.15, 0.2) is 0 Å². The predicted octanol–water partition coefficient (Wildman–Crippen LogP) is 1.35. The molecule has 0 radical (unpaired) electrons. The van der Waals surface area contributed by atoms with Crippen LogP contribution in [0.5, 0.6) is 0 Å². The van der Waals surface area contributed by atoms with Crippen molar-refractivity contribution >= 4 is 6.08 Å². The molecule has 0 saturated carbocycles. The Morgan fingerprint density at radius 3 is 2.92 bits per heavy atom. The second-order valence-electron chi connectivity index (χ2n) is 2.50. The molecular weight excluding hydrogens is 164 g/mol. The summed E-state index contributed by atoms with van der Waals surface area (Å²) in [7, 11) is 0. The Hall–Kier alpha value is -1.66. The Morgan fingerprint density at radius 1 is 1.54 bits per heavy atom. The van der Waals surface area contributed by atoms with Gasteiger partial charge in [-0.15, -0.1) is 0 Å². The van der Waals surface area contributed by atoms with Gasteiger partial charge in [0.2, 0.25) is 0 Å². The van der Waals surface area contributed by atoms with E-state index in [-0.39, 0.29) is 6.61 Å². The second kappa shape index (κ2) is 5.07. The minimum Gasteiger partial charge on any atom is -0.396 e. The van der Waals surface area contributed by atoms with E-state index in [0.29, 0.717) is 12.0 Å². The number of aliphatic hydroxyl groups is 1. The van der Waals surface area contributed by atoms with Gasteiger partial charge in [0, 0.05) is 12.8 Å². The standard InChI is InChI=1S/C10H10N2O/c11-7-9-4-5-10(12-8-9)3-1-2-6-13/h1,3-5,8,13H,2,6H2. The lowest BCUT2D eigenvalue weighted by Crippen LogP contribution is -1.82. The van der Waals surface area contributed by atoms with E-state index < -0.39 is 0 Å². The molecule has 0 fully saturated rings. The number of rotatable bonds is 3. The molecule has 0 aliphatic rings. The van der Waals surface area contributed by atoms with E-state index in [2.05, 4.69) is 4.98 Å². The number of pyridine rings is 1.